The number of carbonyl (C=O) groups excluding carboxylic acids is 1. The number of benzene rings is 1. The van der Waals surface area contributed by atoms with Crippen LogP contribution in [0.2, 0.25) is 0 Å². The molecule has 1 aromatic carbocycles. The fourth-order valence-electron chi connectivity index (χ4n) is 2.61. The average Bonchev–Trinajstić information content (AvgIpc) is 3.25. The number of hydrogen-bond donors (Lipinski definition) is 0. The van der Waals surface area contributed by atoms with E-state index in [9.17, 15) is 4.79 Å². The van der Waals surface area contributed by atoms with Crippen molar-refractivity contribution in [2.24, 2.45) is 5.41 Å². The van der Waals surface area contributed by atoms with Gasteiger partial charge in [-0.05, 0) is 36.8 Å². The van der Waals surface area contributed by atoms with E-state index in [1.165, 1.54) is 4.19 Å². The Morgan fingerprint density at radius 3 is 2.39 bits per heavy atom. The van der Waals surface area contributed by atoms with Crippen molar-refractivity contribution in [3.05, 3.63) is 56.1 Å². The number of para-hydroxylation sites is 1. The highest BCUT2D eigenvalue weighted by atomic mass is 32.2. The van der Waals surface area contributed by atoms with Gasteiger partial charge < -0.3 is 4.90 Å². The van der Waals surface area contributed by atoms with Gasteiger partial charge in [-0.25, -0.2) is 0 Å². The Balaban J connectivity index is 1.97. The highest BCUT2D eigenvalue weighted by Gasteiger charge is 2.59. The van der Waals surface area contributed by atoms with E-state index in [0.29, 0.717) is 0 Å². The van der Waals surface area contributed by atoms with Crippen LogP contribution < -0.4 is 4.90 Å². The van der Waals surface area contributed by atoms with Crippen LogP contribution in [0.1, 0.15) is 18.0 Å². The number of carbonyl (C=O) groups is 1. The maximum Gasteiger partial charge on any atom is 0.281 e. The molecule has 1 aromatic heterocycles. The second-order valence-corrected chi connectivity index (χ2v) is 10.3. The molecule has 0 bridgehead atoms. The monoisotopic (exact) mass is 380 g/mol. The van der Waals surface area contributed by atoms with Crippen molar-refractivity contribution in [3.8, 4) is 0 Å². The highest BCUT2D eigenvalue weighted by molar-refractivity contribution is 8.23. The molecule has 3 rings (SSSR count). The number of nitrogens with zero attached hydrogens (tertiary/aromatic N) is 1. The summed E-state index contributed by atoms with van der Waals surface area (Å²) in [6, 6.07) is 9.84. The predicted molar refractivity (Wildman–Crippen MR) is 106 cm³/mol. The Labute approximate surface area is 153 Å². The molecular weight excluding hydrogens is 362 g/mol. The molecule has 23 heavy (non-hydrogen) atoms. The van der Waals surface area contributed by atoms with Gasteiger partial charge in [0.05, 0.1) is 28.1 Å². The highest BCUT2D eigenvalue weighted by Crippen LogP contribution is 2.64. The molecule has 0 spiro atoms. The molecule has 1 aliphatic rings. The molecule has 0 fully saturated rings. The summed E-state index contributed by atoms with van der Waals surface area (Å²) in [6.45, 7) is 4.13. The quantitative estimate of drug-likeness (QED) is 0.617. The van der Waals surface area contributed by atoms with Crippen LogP contribution >= 0.6 is 46.2 Å². The van der Waals surface area contributed by atoms with E-state index in [-0.39, 0.29) is 9.99 Å². The number of rotatable bonds is 4. The third kappa shape index (κ3) is 2.86. The summed E-state index contributed by atoms with van der Waals surface area (Å²) in [5, 5.41) is 8.41. The lowest BCUT2D eigenvalue weighted by Crippen LogP contribution is -2.48. The second-order valence-electron chi connectivity index (χ2n) is 5.74. The maximum atomic E-state index is 13.3. The minimum atomic E-state index is -0.544. The Kier molecular flexibility index (Phi) is 4.88. The molecule has 0 radical (unpaired) electrons. The summed E-state index contributed by atoms with van der Waals surface area (Å²) in [4.78, 5) is 15.1. The Hall–Kier alpha value is -0.820. The first-order valence-electron chi connectivity index (χ1n) is 7.19. The van der Waals surface area contributed by atoms with Gasteiger partial charge in [0.2, 0.25) is 5.91 Å². The van der Waals surface area contributed by atoms with Crippen molar-refractivity contribution < 1.29 is 4.79 Å². The van der Waals surface area contributed by atoms with Crippen LogP contribution in [0.25, 0.3) is 0 Å². The van der Waals surface area contributed by atoms with E-state index < -0.39 is 5.41 Å². The van der Waals surface area contributed by atoms with Gasteiger partial charge in [0, 0.05) is 12.7 Å². The van der Waals surface area contributed by atoms with E-state index >= 15 is 0 Å². The summed E-state index contributed by atoms with van der Waals surface area (Å²) >= 11 is 6.98. The average molecular weight is 381 g/mol. The Morgan fingerprint density at radius 2 is 1.83 bits per heavy atom. The van der Waals surface area contributed by atoms with E-state index in [1.807, 2.05) is 37.4 Å². The van der Waals surface area contributed by atoms with Crippen LogP contribution in [-0.4, -0.2) is 13.0 Å². The van der Waals surface area contributed by atoms with Crippen molar-refractivity contribution >= 4 is 57.8 Å². The fraction of sp³-hybridized carbons (Fsp3) is 0.294. The van der Waals surface area contributed by atoms with E-state index in [4.69, 9.17) is 0 Å². The van der Waals surface area contributed by atoms with Gasteiger partial charge >= 0.3 is 0 Å². The lowest BCUT2D eigenvalue weighted by Gasteiger charge is -2.39. The molecule has 2 nitrogen and oxygen atoms in total. The Bertz CT molecular complexity index is 701. The number of amides is 1. The molecule has 0 unspecified atom stereocenters. The fourth-order valence-corrected chi connectivity index (χ4v) is 8.17. The molecule has 0 atom stereocenters. The predicted octanol–water partition coefficient (Wildman–Crippen LogP) is 5.88. The number of thioether (sulfide) groups is 2. The summed E-state index contributed by atoms with van der Waals surface area (Å²) in [7, 11) is 1.86. The smallest absolute Gasteiger partial charge is 0.281 e. The molecule has 6 heteroatoms. The van der Waals surface area contributed by atoms with Crippen molar-refractivity contribution in [1.82, 2.24) is 0 Å². The normalized spacial score (nSPS) is 16.5. The van der Waals surface area contributed by atoms with E-state index in [0.717, 1.165) is 5.69 Å². The third-order valence-corrected chi connectivity index (χ3v) is 10.2. The van der Waals surface area contributed by atoms with Gasteiger partial charge in [-0.15, -0.1) is 23.5 Å². The zero-order valence-electron chi connectivity index (χ0n) is 13.2. The molecule has 2 aromatic rings. The molecule has 0 saturated carbocycles. The van der Waals surface area contributed by atoms with Crippen LogP contribution in [0, 0.1) is 5.41 Å². The molecule has 0 aliphatic carbocycles. The van der Waals surface area contributed by atoms with E-state index in [2.05, 4.69) is 35.4 Å². The van der Waals surface area contributed by atoms with Gasteiger partial charge in [-0.2, -0.15) is 0 Å². The molecule has 2 heterocycles. The summed E-state index contributed by atoms with van der Waals surface area (Å²) < 4.78 is 0.990. The lowest BCUT2D eigenvalue weighted by molar-refractivity contribution is -0.126. The first-order valence-corrected chi connectivity index (χ1v) is 10.7. The summed E-state index contributed by atoms with van der Waals surface area (Å²) in [6.07, 6.45) is 0. The van der Waals surface area contributed by atoms with Gasteiger partial charge in [-0.3, -0.25) is 4.79 Å². The second kappa shape index (κ2) is 6.59. The largest absolute Gasteiger partial charge is 0.315 e. The van der Waals surface area contributed by atoms with Crippen LogP contribution in [0.4, 0.5) is 5.69 Å². The van der Waals surface area contributed by atoms with Gasteiger partial charge in [0.25, 0.3) is 4.19 Å². The van der Waals surface area contributed by atoms with Crippen LogP contribution in [0.5, 0.6) is 0 Å². The lowest BCUT2D eigenvalue weighted by atomic mass is 9.87. The van der Waals surface area contributed by atoms with Crippen molar-refractivity contribution in [1.29, 1.82) is 0 Å². The SMILES string of the molecule is CN(C(=O)C(C)(C)C1(c2scc[s+]2)SC=CS1)c1ccccc1. The minimum Gasteiger partial charge on any atom is -0.315 e. The zero-order chi connectivity index (χ0) is 16.5. The topological polar surface area (TPSA) is 20.3 Å². The van der Waals surface area contributed by atoms with Crippen molar-refractivity contribution in [3.63, 3.8) is 0 Å². The first-order chi connectivity index (χ1) is 11.0. The molecule has 1 amide bonds. The first kappa shape index (κ1) is 17.0. The standard InChI is InChI=1S/C17H18NOS4/c1-16(2,14(19)18(3)13-7-5-4-6-8-13)17(22-11-12-23-17)15-20-9-10-21-15/h4-12H,1-3H3/q+1. The van der Waals surface area contributed by atoms with Gasteiger partial charge in [0.1, 0.15) is 10.8 Å². The van der Waals surface area contributed by atoms with Gasteiger partial charge in [-0.1, -0.05) is 18.2 Å². The molecule has 120 valence electrons. The number of hydrogen-bond acceptors (Lipinski definition) is 4. The molecule has 0 saturated heterocycles. The molecule has 0 N–H and O–H groups in total. The van der Waals surface area contributed by atoms with Crippen LogP contribution in [0.15, 0.2) is 51.9 Å². The summed E-state index contributed by atoms with van der Waals surface area (Å²) in [5.74, 6) is 0.132. The van der Waals surface area contributed by atoms with Crippen LogP contribution in [-0.2, 0) is 8.87 Å². The maximum absolute atomic E-state index is 13.3. The zero-order valence-corrected chi connectivity index (χ0v) is 16.5. The van der Waals surface area contributed by atoms with Crippen molar-refractivity contribution in [2.75, 3.05) is 11.9 Å². The Morgan fingerprint density at radius 1 is 1.17 bits per heavy atom. The van der Waals surface area contributed by atoms with E-state index in [1.54, 1.807) is 51.1 Å². The van der Waals surface area contributed by atoms with Crippen molar-refractivity contribution in [2.45, 2.75) is 17.9 Å². The van der Waals surface area contributed by atoms with Crippen LogP contribution in [0.3, 0.4) is 0 Å². The third-order valence-electron chi connectivity index (χ3n) is 4.00. The van der Waals surface area contributed by atoms with Gasteiger partial charge in [0.15, 0.2) is 4.08 Å². The molecule has 1 aliphatic heterocycles. The molecular formula is C17H18NOS4+. The number of anilines is 1. The minimum absolute atomic E-state index is 0.132. The summed E-state index contributed by atoms with van der Waals surface area (Å²) in [5.41, 5.74) is 0.383.